The molecule has 1 N–H and O–H groups in total. The van der Waals surface area contributed by atoms with Crippen LogP contribution in [0.15, 0.2) is 36.4 Å². The number of fused-ring (bicyclic) bond motifs is 2. The minimum atomic E-state index is -0.299. The van der Waals surface area contributed by atoms with E-state index in [-0.39, 0.29) is 12.8 Å². The number of nitrogens with one attached hydrogen (secondary N) is 1. The molecule has 0 spiro atoms. The summed E-state index contributed by atoms with van der Waals surface area (Å²) in [6.45, 7) is 4.30. The van der Waals surface area contributed by atoms with E-state index in [1.165, 1.54) is 35.1 Å². The molecule has 1 aromatic heterocycles. The van der Waals surface area contributed by atoms with Crippen molar-refractivity contribution < 1.29 is 13.9 Å². The van der Waals surface area contributed by atoms with E-state index in [1.54, 1.807) is 0 Å². The monoisotopic (exact) mass is 561 g/mol. The molecule has 0 radical (unpaired) electrons. The van der Waals surface area contributed by atoms with Gasteiger partial charge < -0.3 is 29.3 Å². The Morgan fingerprint density at radius 3 is 2.61 bits per heavy atom. The molecule has 3 aromatic rings. The van der Waals surface area contributed by atoms with Gasteiger partial charge in [-0.2, -0.15) is 0 Å². The lowest BCUT2D eigenvalue weighted by atomic mass is 10.0. The van der Waals surface area contributed by atoms with Gasteiger partial charge in [-0.1, -0.05) is 6.07 Å². The van der Waals surface area contributed by atoms with Crippen LogP contribution in [0.3, 0.4) is 0 Å². The fraction of sp³-hybridized carbons (Fsp3) is 0.545. The topological polar surface area (TPSA) is 53.0 Å². The summed E-state index contributed by atoms with van der Waals surface area (Å²) in [5.74, 6) is 0.738. The average Bonchev–Trinajstić information content (AvgIpc) is 3.68. The van der Waals surface area contributed by atoms with E-state index in [9.17, 15) is 9.18 Å². The van der Waals surface area contributed by atoms with E-state index < -0.39 is 0 Å². The summed E-state index contributed by atoms with van der Waals surface area (Å²) in [6, 6.07) is 13.5. The van der Waals surface area contributed by atoms with Crippen molar-refractivity contribution in [3.63, 3.8) is 0 Å². The van der Waals surface area contributed by atoms with Crippen molar-refractivity contribution in [3.05, 3.63) is 53.2 Å². The van der Waals surface area contributed by atoms with Crippen LogP contribution in [0.5, 0.6) is 0 Å². The van der Waals surface area contributed by atoms with E-state index in [1.807, 2.05) is 20.2 Å². The highest BCUT2D eigenvalue weighted by molar-refractivity contribution is 5.89. The fourth-order valence-electron chi connectivity index (χ4n) is 6.59. The number of benzene rings is 2. The maximum Gasteiger partial charge on any atom is 0.150 e. The highest BCUT2D eigenvalue weighted by Crippen LogP contribution is 2.44. The number of likely N-dealkylation sites (N-methyl/N-ethyl adjacent to an activating group) is 1. The molecule has 41 heavy (non-hydrogen) atoms. The molecule has 6 rings (SSSR count). The standard InChI is InChI=1S/C33H44FN5O2/c1-36(13-4-12-34)14-9-24-18-31-29(17-26(24)22-40)35-33(37(31)2)32-19-25-7-8-27(38-15-10-28(41-3)11-16-38)20-30(25)39(32)21-23-5-6-23/h7-8,17-20,22-23,28,33,35H,4-6,9-16,21H2,1-3H3. The Morgan fingerprint density at radius 1 is 1.10 bits per heavy atom. The van der Waals surface area contributed by atoms with Gasteiger partial charge in [0.05, 0.1) is 35.4 Å². The normalized spacial score (nSPS) is 19.3. The molecule has 2 aromatic carbocycles. The summed E-state index contributed by atoms with van der Waals surface area (Å²) in [5.41, 5.74) is 7.74. The Balaban J connectivity index is 1.28. The van der Waals surface area contributed by atoms with Crippen LogP contribution in [0, 0.1) is 5.92 Å². The molecular weight excluding hydrogens is 517 g/mol. The first-order valence-corrected chi connectivity index (χ1v) is 15.3. The van der Waals surface area contributed by atoms with Crippen LogP contribution in [0.25, 0.3) is 10.9 Å². The molecule has 0 amide bonds. The molecule has 1 aliphatic carbocycles. The zero-order chi connectivity index (χ0) is 28.5. The quantitative estimate of drug-likeness (QED) is 0.279. The summed E-state index contributed by atoms with van der Waals surface area (Å²) >= 11 is 0. The molecule has 1 saturated heterocycles. The zero-order valence-corrected chi connectivity index (χ0v) is 24.7. The van der Waals surface area contributed by atoms with Gasteiger partial charge in [0.15, 0.2) is 0 Å². The molecule has 7 nitrogen and oxygen atoms in total. The molecule has 2 fully saturated rings. The van der Waals surface area contributed by atoms with Gasteiger partial charge >= 0.3 is 0 Å². The number of aromatic nitrogens is 1. The van der Waals surface area contributed by atoms with Crippen LogP contribution in [0.4, 0.5) is 21.5 Å². The number of piperidine rings is 1. The van der Waals surface area contributed by atoms with E-state index in [4.69, 9.17) is 4.74 Å². The van der Waals surface area contributed by atoms with Crippen LogP contribution in [0.2, 0.25) is 0 Å². The number of rotatable bonds is 12. The minimum absolute atomic E-state index is 0.0148. The van der Waals surface area contributed by atoms with E-state index >= 15 is 0 Å². The van der Waals surface area contributed by atoms with Gasteiger partial charge in [-0.3, -0.25) is 9.18 Å². The Morgan fingerprint density at radius 2 is 1.90 bits per heavy atom. The van der Waals surface area contributed by atoms with Crippen LogP contribution in [-0.4, -0.2) is 75.9 Å². The maximum atomic E-state index is 12.6. The van der Waals surface area contributed by atoms with E-state index in [0.717, 1.165) is 86.7 Å². The predicted octanol–water partition coefficient (Wildman–Crippen LogP) is 5.87. The molecule has 1 saturated carbocycles. The molecule has 1 unspecified atom stereocenters. The SMILES string of the molecule is COC1CCN(c2ccc3cc(C4Nc5cc(C=O)c(CCN(C)CCCF)cc5N4C)n(CC4CC4)c3c2)CC1. The van der Waals surface area contributed by atoms with Crippen molar-refractivity contribution in [2.24, 2.45) is 5.92 Å². The average molecular weight is 562 g/mol. The van der Waals surface area contributed by atoms with Gasteiger partial charge in [0.25, 0.3) is 0 Å². The largest absolute Gasteiger partial charge is 0.381 e. The number of halogens is 1. The summed E-state index contributed by atoms with van der Waals surface area (Å²) in [6.07, 6.45) is 7.34. The van der Waals surface area contributed by atoms with Crippen molar-refractivity contribution in [1.82, 2.24) is 9.47 Å². The first kappa shape index (κ1) is 28.0. The van der Waals surface area contributed by atoms with Crippen molar-refractivity contribution in [2.75, 3.05) is 69.2 Å². The second-order valence-electron chi connectivity index (χ2n) is 12.2. The lowest BCUT2D eigenvalue weighted by Gasteiger charge is -2.33. The first-order valence-electron chi connectivity index (χ1n) is 15.3. The number of hydrogen-bond donors (Lipinski definition) is 1. The number of anilines is 3. The summed E-state index contributed by atoms with van der Waals surface area (Å²) < 4.78 is 20.7. The first-order chi connectivity index (χ1) is 20.0. The smallest absolute Gasteiger partial charge is 0.150 e. The second-order valence-corrected chi connectivity index (χ2v) is 12.2. The van der Waals surface area contributed by atoms with E-state index in [0.29, 0.717) is 12.5 Å². The third-order valence-corrected chi connectivity index (χ3v) is 9.36. The fourth-order valence-corrected chi connectivity index (χ4v) is 6.59. The van der Waals surface area contributed by atoms with Crippen molar-refractivity contribution in [2.45, 2.75) is 57.3 Å². The number of ether oxygens (including phenoxy) is 1. The van der Waals surface area contributed by atoms with Gasteiger partial charge in [-0.25, -0.2) is 0 Å². The highest BCUT2D eigenvalue weighted by Gasteiger charge is 2.33. The minimum Gasteiger partial charge on any atom is -0.381 e. The van der Waals surface area contributed by atoms with Crippen LogP contribution in [0.1, 0.15) is 59.9 Å². The molecule has 220 valence electrons. The van der Waals surface area contributed by atoms with Crippen LogP contribution < -0.4 is 15.1 Å². The van der Waals surface area contributed by atoms with Gasteiger partial charge in [0.2, 0.25) is 0 Å². The third kappa shape index (κ3) is 5.82. The highest BCUT2D eigenvalue weighted by atomic mass is 19.1. The molecular formula is C33H44FN5O2. The Hall–Kier alpha value is -3.10. The summed E-state index contributed by atoms with van der Waals surface area (Å²) in [4.78, 5) is 19.0. The molecule has 3 aliphatic rings. The van der Waals surface area contributed by atoms with Gasteiger partial charge in [0, 0.05) is 63.5 Å². The Kier molecular flexibility index (Phi) is 8.22. The lowest BCUT2D eigenvalue weighted by Crippen LogP contribution is -2.36. The Labute approximate surface area is 243 Å². The third-order valence-electron chi connectivity index (χ3n) is 9.36. The molecule has 8 heteroatoms. The van der Waals surface area contributed by atoms with E-state index in [2.05, 4.69) is 62.0 Å². The summed E-state index contributed by atoms with van der Waals surface area (Å²) in [5, 5.41) is 5.02. The number of nitrogens with zero attached hydrogens (tertiary/aromatic N) is 4. The van der Waals surface area contributed by atoms with Gasteiger partial charge in [-0.05, 0) is 87.4 Å². The molecule has 2 aliphatic heterocycles. The zero-order valence-electron chi connectivity index (χ0n) is 24.7. The maximum absolute atomic E-state index is 12.6. The van der Waals surface area contributed by atoms with Crippen LogP contribution in [-0.2, 0) is 17.7 Å². The number of carbonyl (C=O) groups is 1. The van der Waals surface area contributed by atoms with Crippen molar-refractivity contribution >= 4 is 34.3 Å². The number of methoxy groups -OCH3 is 1. The number of aldehydes is 1. The lowest BCUT2D eigenvalue weighted by molar-refractivity contribution is 0.0819. The number of alkyl halides is 1. The van der Waals surface area contributed by atoms with Crippen molar-refractivity contribution in [1.29, 1.82) is 0 Å². The summed E-state index contributed by atoms with van der Waals surface area (Å²) in [7, 11) is 5.98. The predicted molar refractivity (Wildman–Crippen MR) is 165 cm³/mol. The van der Waals surface area contributed by atoms with Gasteiger partial charge in [-0.15, -0.1) is 0 Å². The second kappa shape index (κ2) is 12.0. The number of hydrogen-bond acceptors (Lipinski definition) is 6. The molecule has 1 atom stereocenters. The molecule has 3 heterocycles. The van der Waals surface area contributed by atoms with Crippen LogP contribution >= 0.6 is 0 Å². The Bertz CT molecular complexity index is 1380. The number of carbonyl (C=O) groups excluding carboxylic acids is 1. The van der Waals surface area contributed by atoms with Gasteiger partial charge in [0.1, 0.15) is 12.5 Å². The van der Waals surface area contributed by atoms with Crippen molar-refractivity contribution in [3.8, 4) is 0 Å². The molecule has 0 bridgehead atoms.